The number of aliphatic hydroxyl groups is 1. The van der Waals surface area contributed by atoms with E-state index in [2.05, 4.69) is 5.32 Å². The predicted octanol–water partition coefficient (Wildman–Crippen LogP) is 2.26. The van der Waals surface area contributed by atoms with Crippen molar-refractivity contribution in [2.75, 3.05) is 11.9 Å². The molecule has 1 unspecified atom stereocenters. The Morgan fingerprint density at radius 2 is 2.15 bits per heavy atom. The molecule has 1 atom stereocenters. The number of aromatic carboxylic acids is 1. The Bertz CT molecular complexity index is 517. The third-order valence-corrected chi connectivity index (χ3v) is 3.32. The normalized spacial score (nSPS) is 13.6. The molecule has 0 aliphatic rings. The zero-order valence-electron chi connectivity index (χ0n) is 11.4. The van der Waals surface area contributed by atoms with Crippen molar-refractivity contribution in [1.82, 2.24) is 0 Å². The van der Waals surface area contributed by atoms with E-state index in [0.29, 0.717) is 12.8 Å². The van der Waals surface area contributed by atoms with Crippen LogP contribution in [0.15, 0.2) is 18.2 Å². The number of carboxylic acids is 1. The summed E-state index contributed by atoms with van der Waals surface area (Å²) in [5.41, 5.74) is -0.563. The van der Waals surface area contributed by atoms with E-state index in [9.17, 15) is 14.9 Å². The maximum absolute atomic E-state index is 11.2. The highest BCUT2D eigenvalue weighted by Crippen LogP contribution is 2.28. The molecule has 0 saturated carbocycles. The topological polar surface area (TPSA) is 113 Å². The Balaban J connectivity index is 3.22. The summed E-state index contributed by atoms with van der Waals surface area (Å²) in [6.07, 6.45) is 1.04. The molecule has 3 N–H and O–H groups in total. The Morgan fingerprint density at radius 1 is 1.50 bits per heavy atom. The highest BCUT2D eigenvalue weighted by molar-refractivity contribution is 5.95. The molecule has 0 spiro atoms. The number of hydrogen-bond acceptors (Lipinski definition) is 5. The number of rotatable bonds is 7. The molecule has 7 heteroatoms. The molecule has 0 aromatic heterocycles. The second-order valence-corrected chi connectivity index (χ2v) is 4.80. The first-order valence-corrected chi connectivity index (χ1v) is 6.23. The van der Waals surface area contributed by atoms with Crippen molar-refractivity contribution in [3.8, 4) is 0 Å². The molecule has 0 aliphatic heterocycles. The molecule has 7 nitrogen and oxygen atoms in total. The van der Waals surface area contributed by atoms with Crippen LogP contribution in [-0.2, 0) is 0 Å². The summed E-state index contributed by atoms with van der Waals surface area (Å²) in [5, 5.41) is 32.0. The highest BCUT2D eigenvalue weighted by Gasteiger charge is 2.25. The number of nitrogens with one attached hydrogen (secondary N) is 1. The fourth-order valence-electron chi connectivity index (χ4n) is 1.84. The molecule has 20 heavy (non-hydrogen) atoms. The second-order valence-electron chi connectivity index (χ2n) is 4.80. The Hall–Kier alpha value is -2.15. The van der Waals surface area contributed by atoms with Crippen molar-refractivity contribution in [2.45, 2.75) is 32.2 Å². The van der Waals surface area contributed by atoms with Gasteiger partial charge in [0.05, 0.1) is 16.2 Å². The van der Waals surface area contributed by atoms with E-state index in [1.807, 2.05) is 13.8 Å². The average Bonchev–Trinajstić information content (AvgIpc) is 2.38. The van der Waals surface area contributed by atoms with Crippen molar-refractivity contribution in [2.24, 2.45) is 0 Å². The van der Waals surface area contributed by atoms with E-state index >= 15 is 0 Å². The number of nitro benzene ring substituents is 1. The summed E-state index contributed by atoms with van der Waals surface area (Å²) >= 11 is 0. The van der Waals surface area contributed by atoms with Gasteiger partial charge in [-0.3, -0.25) is 10.1 Å². The van der Waals surface area contributed by atoms with E-state index in [1.54, 1.807) is 0 Å². The van der Waals surface area contributed by atoms with E-state index in [-0.39, 0.29) is 23.5 Å². The van der Waals surface area contributed by atoms with Gasteiger partial charge >= 0.3 is 5.97 Å². The van der Waals surface area contributed by atoms with Gasteiger partial charge in [0.1, 0.15) is 0 Å². The summed E-state index contributed by atoms with van der Waals surface area (Å²) in [6.45, 7) is 3.66. The SMILES string of the molecule is CCC(C)(CCO)Nc1cc([N+](=O)[O-])ccc1C(=O)O. The fourth-order valence-corrected chi connectivity index (χ4v) is 1.84. The lowest BCUT2D eigenvalue weighted by atomic mass is 9.94. The predicted molar refractivity (Wildman–Crippen MR) is 74.1 cm³/mol. The third-order valence-electron chi connectivity index (χ3n) is 3.32. The molecule has 0 bridgehead atoms. The number of carboxylic acid groups (broad SMARTS) is 1. The molecule has 0 amide bonds. The smallest absolute Gasteiger partial charge is 0.337 e. The van der Waals surface area contributed by atoms with Crippen LogP contribution in [0.3, 0.4) is 0 Å². The van der Waals surface area contributed by atoms with Gasteiger partial charge in [-0.15, -0.1) is 0 Å². The van der Waals surface area contributed by atoms with Crippen LogP contribution in [0.25, 0.3) is 0 Å². The fraction of sp³-hybridized carbons (Fsp3) is 0.462. The van der Waals surface area contributed by atoms with E-state index in [4.69, 9.17) is 10.2 Å². The van der Waals surface area contributed by atoms with Crippen LogP contribution in [-0.4, -0.2) is 33.3 Å². The van der Waals surface area contributed by atoms with Gasteiger partial charge in [-0.25, -0.2) is 4.79 Å². The average molecular weight is 282 g/mol. The molecule has 0 saturated heterocycles. The minimum absolute atomic E-state index is 0.0341. The summed E-state index contributed by atoms with van der Waals surface area (Å²) < 4.78 is 0. The van der Waals surface area contributed by atoms with Crippen LogP contribution in [0.1, 0.15) is 37.0 Å². The second kappa shape index (κ2) is 6.33. The van der Waals surface area contributed by atoms with E-state index in [0.717, 1.165) is 6.07 Å². The lowest BCUT2D eigenvalue weighted by molar-refractivity contribution is -0.384. The summed E-state index contributed by atoms with van der Waals surface area (Å²) in [7, 11) is 0. The molecule has 0 heterocycles. The van der Waals surface area contributed by atoms with Gasteiger partial charge in [0.15, 0.2) is 0 Å². The van der Waals surface area contributed by atoms with Gasteiger partial charge in [0, 0.05) is 24.3 Å². The lowest BCUT2D eigenvalue weighted by Gasteiger charge is -2.30. The maximum atomic E-state index is 11.2. The molecule has 110 valence electrons. The number of hydrogen-bond donors (Lipinski definition) is 3. The number of nitro groups is 1. The van der Waals surface area contributed by atoms with Crippen molar-refractivity contribution in [3.05, 3.63) is 33.9 Å². The van der Waals surface area contributed by atoms with Gasteiger partial charge in [0.2, 0.25) is 0 Å². The molecule has 0 fully saturated rings. The number of carbonyl (C=O) groups is 1. The largest absolute Gasteiger partial charge is 0.478 e. The van der Waals surface area contributed by atoms with E-state index < -0.39 is 16.4 Å². The first-order chi connectivity index (χ1) is 9.33. The first kappa shape index (κ1) is 15.9. The minimum atomic E-state index is -1.16. The van der Waals surface area contributed by atoms with Crippen molar-refractivity contribution in [1.29, 1.82) is 0 Å². The number of non-ortho nitro benzene ring substituents is 1. The molecule has 1 rings (SSSR count). The third kappa shape index (κ3) is 3.67. The van der Waals surface area contributed by atoms with Gasteiger partial charge in [-0.05, 0) is 25.8 Å². The lowest BCUT2D eigenvalue weighted by Crippen LogP contribution is -2.35. The van der Waals surface area contributed by atoms with Crippen LogP contribution in [0, 0.1) is 10.1 Å². The van der Waals surface area contributed by atoms with Crippen molar-refractivity contribution >= 4 is 17.3 Å². The summed E-state index contributed by atoms with van der Waals surface area (Å²) in [4.78, 5) is 21.4. The summed E-state index contributed by atoms with van der Waals surface area (Å²) in [6, 6.07) is 3.57. The number of anilines is 1. The number of benzene rings is 1. The van der Waals surface area contributed by atoms with Crippen LogP contribution < -0.4 is 5.32 Å². The molecule has 1 aromatic carbocycles. The first-order valence-electron chi connectivity index (χ1n) is 6.23. The molecular formula is C13H18N2O5. The van der Waals surface area contributed by atoms with Crippen LogP contribution in [0.5, 0.6) is 0 Å². The Kier molecular flexibility index (Phi) is 5.04. The zero-order valence-corrected chi connectivity index (χ0v) is 11.4. The van der Waals surface area contributed by atoms with Crippen LogP contribution >= 0.6 is 0 Å². The van der Waals surface area contributed by atoms with Gasteiger partial charge in [0.25, 0.3) is 5.69 Å². The van der Waals surface area contributed by atoms with Crippen molar-refractivity contribution in [3.63, 3.8) is 0 Å². The minimum Gasteiger partial charge on any atom is -0.478 e. The standard InChI is InChI=1S/C13H18N2O5/c1-3-13(2,6-7-16)14-11-8-9(15(19)20)4-5-10(11)12(17)18/h4-5,8,14,16H,3,6-7H2,1-2H3,(H,17,18). The molecule has 0 radical (unpaired) electrons. The van der Waals surface area contributed by atoms with E-state index in [1.165, 1.54) is 12.1 Å². The molecule has 1 aromatic rings. The number of aliphatic hydroxyl groups excluding tert-OH is 1. The van der Waals surface area contributed by atoms with Gasteiger partial charge in [-0.1, -0.05) is 6.92 Å². The van der Waals surface area contributed by atoms with Gasteiger partial charge in [-0.2, -0.15) is 0 Å². The maximum Gasteiger partial charge on any atom is 0.337 e. The molecular weight excluding hydrogens is 264 g/mol. The highest BCUT2D eigenvalue weighted by atomic mass is 16.6. The Morgan fingerprint density at radius 3 is 2.60 bits per heavy atom. The number of nitrogens with zero attached hydrogens (tertiary/aromatic N) is 1. The summed E-state index contributed by atoms with van der Waals surface area (Å²) in [5.74, 6) is -1.16. The van der Waals surface area contributed by atoms with Crippen LogP contribution in [0.2, 0.25) is 0 Å². The van der Waals surface area contributed by atoms with Crippen LogP contribution in [0.4, 0.5) is 11.4 Å². The Labute approximate surface area is 116 Å². The molecule has 0 aliphatic carbocycles. The van der Waals surface area contributed by atoms with Gasteiger partial charge < -0.3 is 15.5 Å². The quantitative estimate of drug-likeness (QED) is 0.522. The zero-order chi connectivity index (χ0) is 15.3. The van der Waals surface area contributed by atoms with Crippen molar-refractivity contribution < 1.29 is 19.9 Å². The monoisotopic (exact) mass is 282 g/mol.